The van der Waals surface area contributed by atoms with Gasteiger partial charge in [-0.05, 0) is 54.7 Å². The largest absolute Gasteiger partial charge is 0.0622 e. The molecule has 1 radical (unpaired) electrons. The number of rotatable bonds is 2. The second-order valence-corrected chi connectivity index (χ2v) is 5.29. The van der Waals surface area contributed by atoms with Crippen LogP contribution < -0.4 is 0 Å². The van der Waals surface area contributed by atoms with Crippen LogP contribution in [-0.4, -0.2) is 0 Å². The molecule has 1 aliphatic carbocycles. The first-order chi connectivity index (χ1) is 8.93. The fraction of sp³-hybridized carbons (Fsp3) is 0.333. The quantitative estimate of drug-likeness (QED) is 0.692. The summed E-state index contributed by atoms with van der Waals surface area (Å²) in [6.07, 6.45) is 5.30. The maximum absolute atomic E-state index is 3.11. The summed E-state index contributed by atoms with van der Waals surface area (Å²) in [5, 5.41) is 0. The lowest BCUT2D eigenvalue weighted by molar-refractivity contribution is 0.396. The van der Waals surface area contributed by atoms with Crippen molar-refractivity contribution in [2.24, 2.45) is 0 Å². The molecule has 1 saturated carbocycles. The zero-order valence-electron chi connectivity index (χ0n) is 10.7. The molecule has 1 aliphatic rings. The molecule has 0 aromatic heterocycles. The van der Waals surface area contributed by atoms with Gasteiger partial charge in [0.15, 0.2) is 0 Å². The lowest BCUT2D eigenvalue weighted by atomic mass is 9.76. The van der Waals surface area contributed by atoms with Gasteiger partial charge in [0.1, 0.15) is 0 Å². The van der Waals surface area contributed by atoms with Crippen LogP contribution >= 0.6 is 0 Å². The van der Waals surface area contributed by atoms with Gasteiger partial charge in [-0.15, -0.1) is 0 Å². The Morgan fingerprint density at radius 2 is 1.17 bits per heavy atom. The van der Waals surface area contributed by atoms with Crippen LogP contribution in [0.15, 0.2) is 54.6 Å². The van der Waals surface area contributed by atoms with Crippen molar-refractivity contribution in [1.82, 2.24) is 0 Å². The van der Waals surface area contributed by atoms with Crippen LogP contribution in [0.25, 0.3) is 0 Å². The van der Waals surface area contributed by atoms with Crippen molar-refractivity contribution >= 4 is 0 Å². The highest BCUT2D eigenvalue weighted by Gasteiger charge is 2.22. The minimum atomic E-state index is 0.763. The highest BCUT2D eigenvalue weighted by Crippen LogP contribution is 2.40. The Bertz CT molecular complexity index is 416. The number of hydrogen-bond donors (Lipinski definition) is 0. The summed E-state index contributed by atoms with van der Waals surface area (Å²) in [6.45, 7) is 0. The first-order valence-corrected chi connectivity index (χ1v) is 6.94. The molecule has 0 N–H and O–H groups in total. The third kappa shape index (κ3) is 2.48. The third-order valence-electron chi connectivity index (χ3n) is 4.21. The fourth-order valence-electron chi connectivity index (χ4n) is 3.16. The Balaban J connectivity index is 1.65. The molecule has 1 fully saturated rings. The minimum Gasteiger partial charge on any atom is -0.0622 e. The summed E-state index contributed by atoms with van der Waals surface area (Å²) in [4.78, 5) is 0. The van der Waals surface area contributed by atoms with Crippen molar-refractivity contribution in [3.05, 3.63) is 71.8 Å². The molecule has 0 saturated heterocycles. The minimum absolute atomic E-state index is 0.763. The van der Waals surface area contributed by atoms with E-state index in [0.29, 0.717) is 0 Å². The zero-order chi connectivity index (χ0) is 12.2. The molecule has 0 heteroatoms. The Kier molecular flexibility index (Phi) is 3.45. The molecule has 0 amide bonds. The van der Waals surface area contributed by atoms with Gasteiger partial charge in [-0.2, -0.15) is 0 Å². The van der Waals surface area contributed by atoms with E-state index in [1.54, 1.807) is 0 Å². The lowest BCUT2D eigenvalue weighted by Gasteiger charge is -2.29. The van der Waals surface area contributed by atoms with Gasteiger partial charge in [0.05, 0.1) is 0 Å². The van der Waals surface area contributed by atoms with Crippen molar-refractivity contribution in [3.8, 4) is 0 Å². The molecule has 0 nitrogen and oxygen atoms in total. The molecule has 3 rings (SSSR count). The highest BCUT2D eigenvalue weighted by molar-refractivity contribution is 5.23. The average Bonchev–Trinajstić information content (AvgIpc) is 2.49. The van der Waals surface area contributed by atoms with Gasteiger partial charge in [0, 0.05) is 0 Å². The van der Waals surface area contributed by atoms with Crippen molar-refractivity contribution in [1.29, 1.82) is 0 Å². The maximum Gasteiger partial charge on any atom is -0.0162 e. The highest BCUT2D eigenvalue weighted by atomic mass is 14.3. The molecule has 0 spiro atoms. The van der Waals surface area contributed by atoms with Gasteiger partial charge in [-0.3, -0.25) is 0 Å². The average molecular weight is 235 g/mol. The van der Waals surface area contributed by atoms with E-state index in [2.05, 4.69) is 48.5 Å². The molecule has 2 aromatic carbocycles. The summed E-state index contributed by atoms with van der Waals surface area (Å²) in [7, 11) is 0. The smallest absolute Gasteiger partial charge is 0.0162 e. The Morgan fingerprint density at radius 3 is 1.72 bits per heavy atom. The standard InChI is InChI=1S/C18H19/c1-3-7-15(8-4-1)17-11-13-18(14-12-17)16-9-5-2-6-10-16/h1,3-10,17-18H,11-14H2. The van der Waals surface area contributed by atoms with Crippen LogP contribution in [0.3, 0.4) is 0 Å². The Labute approximate surface area is 110 Å². The zero-order valence-corrected chi connectivity index (χ0v) is 10.7. The van der Waals surface area contributed by atoms with E-state index in [4.69, 9.17) is 0 Å². The molecule has 0 aliphatic heterocycles. The summed E-state index contributed by atoms with van der Waals surface area (Å²) in [5.74, 6) is 1.54. The number of benzene rings is 2. The van der Waals surface area contributed by atoms with Crippen LogP contribution in [0.2, 0.25) is 0 Å². The summed E-state index contributed by atoms with van der Waals surface area (Å²) < 4.78 is 0. The van der Waals surface area contributed by atoms with Crippen molar-refractivity contribution in [2.75, 3.05) is 0 Å². The Morgan fingerprint density at radius 1 is 0.667 bits per heavy atom. The van der Waals surface area contributed by atoms with Crippen molar-refractivity contribution < 1.29 is 0 Å². The van der Waals surface area contributed by atoms with E-state index < -0.39 is 0 Å². The third-order valence-corrected chi connectivity index (χ3v) is 4.21. The predicted molar refractivity (Wildman–Crippen MR) is 75.7 cm³/mol. The molecular weight excluding hydrogens is 216 g/mol. The normalized spacial score (nSPS) is 23.8. The van der Waals surface area contributed by atoms with Crippen LogP contribution in [0, 0.1) is 6.07 Å². The van der Waals surface area contributed by atoms with Crippen LogP contribution in [0.1, 0.15) is 48.6 Å². The number of hydrogen-bond acceptors (Lipinski definition) is 0. The second kappa shape index (κ2) is 5.39. The molecule has 0 heterocycles. The van der Waals surface area contributed by atoms with Crippen LogP contribution in [0.4, 0.5) is 0 Å². The molecular formula is C18H19. The molecule has 0 bridgehead atoms. The first kappa shape index (κ1) is 11.5. The topological polar surface area (TPSA) is 0 Å². The van der Waals surface area contributed by atoms with E-state index in [0.717, 1.165) is 11.8 Å². The van der Waals surface area contributed by atoms with E-state index in [1.165, 1.54) is 36.8 Å². The summed E-state index contributed by atoms with van der Waals surface area (Å²) in [5.41, 5.74) is 3.03. The van der Waals surface area contributed by atoms with E-state index in [1.807, 2.05) is 12.1 Å². The molecule has 2 aromatic rings. The monoisotopic (exact) mass is 235 g/mol. The lowest BCUT2D eigenvalue weighted by Crippen LogP contribution is -2.11. The van der Waals surface area contributed by atoms with Crippen molar-refractivity contribution in [2.45, 2.75) is 37.5 Å². The van der Waals surface area contributed by atoms with Gasteiger partial charge in [-0.1, -0.05) is 54.6 Å². The molecule has 18 heavy (non-hydrogen) atoms. The summed E-state index contributed by atoms with van der Waals surface area (Å²) in [6, 6.07) is 22.6. The SMILES string of the molecule is [c]1ccc(C2CCC(c3ccccc3)CC2)cc1. The molecule has 91 valence electrons. The van der Waals surface area contributed by atoms with Crippen LogP contribution in [-0.2, 0) is 0 Å². The maximum atomic E-state index is 3.11. The second-order valence-electron chi connectivity index (χ2n) is 5.29. The predicted octanol–water partition coefficient (Wildman–Crippen LogP) is 4.93. The van der Waals surface area contributed by atoms with Gasteiger partial charge < -0.3 is 0 Å². The Hall–Kier alpha value is -1.56. The first-order valence-electron chi connectivity index (χ1n) is 6.94. The van der Waals surface area contributed by atoms with Gasteiger partial charge in [0.2, 0.25) is 0 Å². The van der Waals surface area contributed by atoms with Gasteiger partial charge in [0.25, 0.3) is 0 Å². The molecule has 0 atom stereocenters. The van der Waals surface area contributed by atoms with E-state index in [9.17, 15) is 0 Å². The van der Waals surface area contributed by atoms with Crippen LogP contribution in [0.5, 0.6) is 0 Å². The molecule has 0 unspecified atom stereocenters. The van der Waals surface area contributed by atoms with E-state index >= 15 is 0 Å². The van der Waals surface area contributed by atoms with Gasteiger partial charge >= 0.3 is 0 Å². The van der Waals surface area contributed by atoms with Crippen molar-refractivity contribution in [3.63, 3.8) is 0 Å². The van der Waals surface area contributed by atoms with E-state index in [-0.39, 0.29) is 0 Å². The fourth-order valence-corrected chi connectivity index (χ4v) is 3.16. The van der Waals surface area contributed by atoms with Gasteiger partial charge in [-0.25, -0.2) is 0 Å². The summed E-state index contributed by atoms with van der Waals surface area (Å²) >= 11 is 0.